The minimum atomic E-state index is -0.0994. The van der Waals surface area contributed by atoms with Crippen LogP contribution in [0.1, 0.15) is 36.2 Å². The number of hydrogen-bond donors (Lipinski definition) is 2. The molecule has 2 aromatic rings. The Bertz CT molecular complexity index is 672. The first-order chi connectivity index (χ1) is 11.2. The first-order valence-electron chi connectivity index (χ1n) is 8.27. The van der Waals surface area contributed by atoms with Crippen LogP contribution in [0.25, 0.3) is 5.65 Å². The Kier molecular flexibility index (Phi) is 4.88. The molecular formula is C16H24N6O. The minimum absolute atomic E-state index is 0.0994. The first kappa shape index (κ1) is 15.9. The lowest BCUT2D eigenvalue weighted by Crippen LogP contribution is -2.36. The fourth-order valence-corrected chi connectivity index (χ4v) is 2.90. The summed E-state index contributed by atoms with van der Waals surface area (Å²) in [5.74, 6) is -0.0994. The fourth-order valence-electron chi connectivity index (χ4n) is 2.90. The third-order valence-corrected chi connectivity index (χ3v) is 4.35. The van der Waals surface area contributed by atoms with E-state index in [0.717, 1.165) is 44.7 Å². The van der Waals surface area contributed by atoms with E-state index >= 15 is 0 Å². The van der Waals surface area contributed by atoms with E-state index in [1.807, 2.05) is 12.4 Å². The molecule has 124 valence electrons. The highest BCUT2D eigenvalue weighted by molar-refractivity contribution is 5.99. The van der Waals surface area contributed by atoms with Crippen LogP contribution in [0.4, 0.5) is 0 Å². The number of amides is 1. The Hall–Kier alpha value is -1.99. The summed E-state index contributed by atoms with van der Waals surface area (Å²) in [6.45, 7) is 8.89. The maximum Gasteiger partial charge on any atom is 0.257 e. The second-order valence-electron chi connectivity index (χ2n) is 5.91. The average molecular weight is 316 g/mol. The number of carbonyl (C=O) groups excluding carboxylic acids is 1. The van der Waals surface area contributed by atoms with E-state index < -0.39 is 0 Å². The van der Waals surface area contributed by atoms with Crippen molar-refractivity contribution in [2.75, 3.05) is 26.2 Å². The number of aromatic nitrogens is 3. The van der Waals surface area contributed by atoms with Crippen molar-refractivity contribution in [2.24, 2.45) is 0 Å². The van der Waals surface area contributed by atoms with Gasteiger partial charge in [0.25, 0.3) is 5.91 Å². The Morgan fingerprint density at radius 1 is 1.43 bits per heavy atom. The maximum atomic E-state index is 12.4. The van der Waals surface area contributed by atoms with Crippen molar-refractivity contribution in [3.63, 3.8) is 0 Å². The Morgan fingerprint density at radius 2 is 2.26 bits per heavy atom. The van der Waals surface area contributed by atoms with Gasteiger partial charge in [-0.1, -0.05) is 13.8 Å². The summed E-state index contributed by atoms with van der Waals surface area (Å²) in [6, 6.07) is 0.194. The van der Waals surface area contributed by atoms with Crippen LogP contribution in [0.5, 0.6) is 0 Å². The number of hydrogen-bond acceptors (Lipinski definition) is 5. The van der Waals surface area contributed by atoms with E-state index in [0.29, 0.717) is 11.2 Å². The topological polar surface area (TPSA) is 74.6 Å². The number of carbonyl (C=O) groups is 1. The monoisotopic (exact) mass is 316 g/mol. The van der Waals surface area contributed by atoms with Gasteiger partial charge in [-0.3, -0.25) is 9.69 Å². The van der Waals surface area contributed by atoms with E-state index in [4.69, 9.17) is 0 Å². The third-order valence-electron chi connectivity index (χ3n) is 4.35. The van der Waals surface area contributed by atoms with E-state index in [1.54, 1.807) is 10.7 Å². The molecule has 1 saturated heterocycles. The normalized spacial score (nSPS) is 18.0. The molecule has 3 heterocycles. The molecule has 0 unspecified atom stereocenters. The highest BCUT2D eigenvalue weighted by Gasteiger charge is 2.20. The number of rotatable bonds is 6. The van der Waals surface area contributed by atoms with Gasteiger partial charge in [0, 0.05) is 37.1 Å². The van der Waals surface area contributed by atoms with Crippen LogP contribution in [0, 0.1) is 0 Å². The lowest BCUT2D eigenvalue weighted by atomic mass is 10.2. The molecule has 0 aromatic carbocycles. The second-order valence-corrected chi connectivity index (χ2v) is 5.91. The van der Waals surface area contributed by atoms with Crippen LogP contribution < -0.4 is 10.6 Å². The number of nitrogens with zero attached hydrogens (tertiary/aromatic N) is 4. The van der Waals surface area contributed by atoms with Crippen LogP contribution in [0.15, 0.2) is 18.6 Å². The summed E-state index contributed by atoms with van der Waals surface area (Å²) in [6.07, 6.45) is 6.35. The molecule has 0 aliphatic carbocycles. The molecule has 1 atom stereocenters. The van der Waals surface area contributed by atoms with Gasteiger partial charge in [0.15, 0.2) is 5.65 Å². The van der Waals surface area contributed by atoms with E-state index in [1.165, 1.54) is 0 Å². The highest BCUT2D eigenvalue weighted by atomic mass is 16.1. The smallest absolute Gasteiger partial charge is 0.257 e. The predicted octanol–water partition coefficient (Wildman–Crippen LogP) is 0.663. The van der Waals surface area contributed by atoms with Gasteiger partial charge in [-0.15, -0.1) is 0 Å². The van der Waals surface area contributed by atoms with Crippen molar-refractivity contribution in [3.05, 3.63) is 29.7 Å². The zero-order valence-electron chi connectivity index (χ0n) is 13.7. The Labute approximate surface area is 136 Å². The molecule has 1 fully saturated rings. The molecule has 23 heavy (non-hydrogen) atoms. The van der Waals surface area contributed by atoms with Crippen molar-refractivity contribution >= 4 is 11.6 Å². The average Bonchev–Trinajstić information content (AvgIpc) is 3.21. The van der Waals surface area contributed by atoms with Crippen molar-refractivity contribution in [2.45, 2.75) is 32.9 Å². The van der Waals surface area contributed by atoms with Crippen LogP contribution in [-0.2, 0) is 6.54 Å². The zero-order valence-corrected chi connectivity index (χ0v) is 13.7. The van der Waals surface area contributed by atoms with Gasteiger partial charge < -0.3 is 10.6 Å². The molecule has 1 aliphatic heterocycles. The Balaban J connectivity index is 1.76. The molecule has 0 saturated carbocycles. The summed E-state index contributed by atoms with van der Waals surface area (Å²) in [4.78, 5) is 19.2. The molecule has 1 amide bonds. The zero-order chi connectivity index (χ0) is 16.2. The van der Waals surface area contributed by atoms with Gasteiger partial charge in [-0.05, 0) is 26.1 Å². The van der Waals surface area contributed by atoms with Crippen LogP contribution in [0.2, 0.25) is 0 Å². The summed E-state index contributed by atoms with van der Waals surface area (Å²) < 4.78 is 1.70. The lowest BCUT2D eigenvalue weighted by Gasteiger charge is -2.17. The first-order valence-corrected chi connectivity index (χ1v) is 8.27. The number of nitrogens with one attached hydrogen (secondary N) is 2. The molecule has 7 nitrogen and oxygen atoms in total. The Morgan fingerprint density at radius 3 is 2.96 bits per heavy atom. The van der Waals surface area contributed by atoms with Gasteiger partial charge in [0.1, 0.15) is 5.56 Å². The van der Waals surface area contributed by atoms with Crippen molar-refractivity contribution in [1.29, 1.82) is 0 Å². The molecule has 1 aliphatic rings. The van der Waals surface area contributed by atoms with Gasteiger partial charge in [0.05, 0.1) is 6.20 Å². The van der Waals surface area contributed by atoms with Gasteiger partial charge >= 0.3 is 0 Å². The van der Waals surface area contributed by atoms with Crippen LogP contribution in [-0.4, -0.2) is 57.6 Å². The quantitative estimate of drug-likeness (QED) is 0.819. The predicted molar refractivity (Wildman–Crippen MR) is 88.4 cm³/mol. The maximum absolute atomic E-state index is 12.4. The summed E-state index contributed by atoms with van der Waals surface area (Å²) in [7, 11) is 0. The molecular weight excluding hydrogens is 292 g/mol. The molecule has 7 heteroatoms. The third kappa shape index (κ3) is 3.51. The lowest BCUT2D eigenvalue weighted by molar-refractivity contribution is 0.0941. The van der Waals surface area contributed by atoms with Crippen LogP contribution in [0.3, 0.4) is 0 Å². The van der Waals surface area contributed by atoms with Crippen molar-refractivity contribution in [3.8, 4) is 0 Å². The van der Waals surface area contributed by atoms with Crippen LogP contribution >= 0.6 is 0 Å². The molecule has 2 aromatic heterocycles. The SMILES string of the molecule is CCN(CC)Cc1cnc2c(C(=O)N[C@@H]3CCNC3)cnn2c1. The van der Waals surface area contributed by atoms with Gasteiger partial charge in [-0.25, -0.2) is 9.50 Å². The van der Waals surface area contributed by atoms with Crippen molar-refractivity contribution < 1.29 is 4.79 Å². The minimum Gasteiger partial charge on any atom is -0.348 e. The molecule has 0 spiro atoms. The van der Waals surface area contributed by atoms with E-state index in [-0.39, 0.29) is 11.9 Å². The summed E-state index contributed by atoms with van der Waals surface area (Å²) >= 11 is 0. The van der Waals surface area contributed by atoms with Gasteiger partial charge in [0.2, 0.25) is 0 Å². The van der Waals surface area contributed by atoms with Gasteiger partial charge in [-0.2, -0.15) is 5.10 Å². The van der Waals surface area contributed by atoms with E-state index in [2.05, 4.69) is 39.5 Å². The summed E-state index contributed by atoms with van der Waals surface area (Å²) in [5, 5.41) is 10.6. The molecule has 0 bridgehead atoms. The largest absolute Gasteiger partial charge is 0.348 e. The standard InChI is InChI=1S/C16H24N6O/c1-3-21(4-2)10-12-7-18-15-14(9-19-22(15)11-12)16(23)20-13-5-6-17-8-13/h7,9,11,13,17H,3-6,8,10H2,1-2H3,(H,20,23)/t13-/m1/s1. The molecule has 0 radical (unpaired) electrons. The molecule has 3 rings (SSSR count). The fraction of sp³-hybridized carbons (Fsp3) is 0.562. The van der Waals surface area contributed by atoms with Crippen molar-refractivity contribution in [1.82, 2.24) is 30.1 Å². The summed E-state index contributed by atoms with van der Waals surface area (Å²) in [5.41, 5.74) is 2.24. The second kappa shape index (κ2) is 7.06. The number of fused-ring (bicyclic) bond motifs is 1. The molecule has 2 N–H and O–H groups in total. The highest BCUT2D eigenvalue weighted by Crippen LogP contribution is 2.11. The van der Waals surface area contributed by atoms with E-state index in [9.17, 15) is 4.79 Å².